The van der Waals surface area contributed by atoms with Crippen molar-refractivity contribution in [1.82, 2.24) is 0 Å². The Hall–Kier alpha value is -1.05. The molecule has 0 heterocycles. The van der Waals surface area contributed by atoms with Crippen LogP contribution in [0.1, 0.15) is 13.3 Å². The summed E-state index contributed by atoms with van der Waals surface area (Å²) in [5, 5.41) is 8.55. The monoisotopic (exact) mass is 138 g/mol. The van der Waals surface area contributed by atoms with Gasteiger partial charge in [-0.15, -0.1) is 0 Å². The summed E-state index contributed by atoms with van der Waals surface area (Å²) in [7, 11) is 0. The minimum atomic E-state index is -0.795. The summed E-state index contributed by atoms with van der Waals surface area (Å²) in [4.78, 5) is 10.4. The van der Waals surface area contributed by atoms with Crippen LogP contribution >= 0.6 is 0 Å². The number of hydrogen-bond donors (Lipinski definition) is 1. The third kappa shape index (κ3) is 1.47. The number of carbonyl (C=O) groups is 1. The first-order valence-electron chi connectivity index (χ1n) is 3.31. The van der Waals surface area contributed by atoms with E-state index in [9.17, 15) is 4.79 Å². The maximum atomic E-state index is 10.4. The van der Waals surface area contributed by atoms with Crippen LogP contribution in [0.3, 0.4) is 0 Å². The summed E-state index contributed by atoms with van der Waals surface area (Å²) >= 11 is 0. The lowest BCUT2D eigenvalue weighted by Gasteiger charge is -2.09. The van der Waals surface area contributed by atoms with Crippen LogP contribution in [0.2, 0.25) is 0 Å². The average molecular weight is 138 g/mol. The van der Waals surface area contributed by atoms with Crippen LogP contribution in [0, 0.1) is 5.92 Å². The van der Waals surface area contributed by atoms with E-state index in [1.54, 1.807) is 12.2 Å². The van der Waals surface area contributed by atoms with Crippen molar-refractivity contribution in [2.24, 2.45) is 5.92 Å². The minimum absolute atomic E-state index is 0.371. The lowest BCUT2D eigenvalue weighted by atomic mass is 9.96. The quantitative estimate of drug-likeness (QED) is 0.597. The van der Waals surface area contributed by atoms with Gasteiger partial charge in [0.1, 0.15) is 0 Å². The van der Waals surface area contributed by atoms with Gasteiger partial charge in [-0.3, -0.25) is 0 Å². The van der Waals surface area contributed by atoms with E-state index in [0.717, 1.165) is 0 Å². The van der Waals surface area contributed by atoms with Crippen molar-refractivity contribution in [3.8, 4) is 0 Å². The number of rotatable bonds is 1. The van der Waals surface area contributed by atoms with E-state index in [4.69, 9.17) is 5.11 Å². The van der Waals surface area contributed by atoms with Crippen molar-refractivity contribution in [2.45, 2.75) is 13.3 Å². The first-order valence-corrected chi connectivity index (χ1v) is 3.31. The molecule has 1 unspecified atom stereocenters. The molecule has 54 valence electrons. The molecular formula is C8H10O2. The Balaban J connectivity index is 2.71. The Morgan fingerprint density at radius 1 is 1.80 bits per heavy atom. The highest BCUT2D eigenvalue weighted by atomic mass is 16.4. The van der Waals surface area contributed by atoms with Gasteiger partial charge in [0.15, 0.2) is 0 Å². The molecule has 0 amide bonds. The van der Waals surface area contributed by atoms with E-state index in [2.05, 4.69) is 0 Å². The number of carboxylic acid groups (broad SMARTS) is 1. The van der Waals surface area contributed by atoms with Crippen LogP contribution in [0.5, 0.6) is 0 Å². The van der Waals surface area contributed by atoms with Gasteiger partial charge in [-0.2, -0.15) is 0 Å². The molecule has 1 atom stereocenters. The summed E-state index contributed by atoms with van der Waals surface area (Å²) in [6.07, 6.45) is 6.12. The summed E-state index contributed by atoms with van der Waals surface area (Å²) in [6.45, 7) is 2.01. The van der Waals surface area contributed by atoms with Crippen molar-refractivity contribution in [3.63, 3.8) is 0 Å². The molecule has 0 fully saturated rings. The molecule has 0 aromatic carbocycles. The molecule has 0 radical (unpaired) electrons. The third-order valence-electron chi connectivity index (χ3n) is 1.55. The predicted octanol–water partition coefficient (Wildman–Crippen LogP) is 1.59. The van der Waals surface area contributed by atoms with Gasteiger partial charge in [0.2, 0.25) is 0 Å². The molecule has 0 spiro atoms. The van der Waals surface area contributed by atoms with Gasteiger partial charge in [0.05, 0.1) is 0 Å². The Labute approximate surface area is 59.9 Å². The molecule has 1 N–H and O–H groups in total. The van der Waals surface area contributed by atoms with Crippen LogP contribution < -0.4 is 0 Å². The fourth-order valence-electron chi connectivity index (χ4n) is 1.00. The van der Waals surface area contributed by atoms with E-state index in [-0.39, 0.29) is 0 Å². The smallest absolute Gasteiger partial charge is 0.331 e. The van der Waals surface area contributed by atoms with E-state index < -0.39 is 5.97 Å². The van der Waals surface area contributed by atoms with Crippen molar-refractivity contribution in [1.29, 1.82) is 0 Å². The molecule has 1 aliphatic carbocycles. The first-order chi connectivity index (χ1) is 4.70. The van der Waals surface area contributed by atoms with Gasteiger partial charge in [-0.1, -0.05) is 25.2 Å². The van der Waals surface area contributed by atoms with Crippen LogP contribution in [-0.2, 0) is 4.79 Å². The second-order valence-electron chi connectivity index (χ2n) is 2.56. The van der Waals surface area contributed by atoms with E-state index >= 15 is 0 Å². The molecule has 1 rings (SSSR count). The molecule has 2 heteroatoms. The molecule has 0 bridgehead atoms. The standard InChI is InChI=1S/C8H10O2/c1-6-3-2-4-7(5-6)8(9)10/h2-4,6H,5H2,1H3,(H,9,10). The number of allylic oxidation sites excluding steroid dienone is 3. The van der Waals surface area contributed by atoms with Gasteiger partial charge in [0, 0.05) is 5.57 Å². The summed E-state index contributed by atoms with van der Waals surface area (Å²) < 4.78 is 0. The van der Waals surface area contributed by atoms with Crippen molar-refractivity contribution in [3.05, 3.63) is 23.8 Å². The fraction of sp³-hybridized carbons (Fsp3) is 0.375. The maximum absolute atomic E-state index is 10.4. The van der Waals surface area contributed by atoms with Gasteiger partial charge in [-0.25, -0.2) is 4.79 Å². The van der Waals surface area contributed by atoms with Crippen molar-refractivity contribution >= 4 is 5.97 Å². The summed E-state index contributed by atoms with van der Waals surface area (Å²) in [5.41, 5.74) is 0.509. The number of aliphatic carboxylic acids is 1. The minimum Gasteiger partial charge on any atom is -0.478 e. The van der Waals surface area contributed by atoms with Gasteiger partial charge in [0.25, 0.3) is 0 Å². The highest BCUT2D eigenvalue weighted by molar-refractivity contribution is 5.87. The second kappa shape index (κ2) is 2.69. The van der Waals surface area contributed by atoms with E-state index in [0.29, 0.717) is 17.9 Å². The lowest BCUT2D eigenvalue weighted by Crippen LogP contribution is -2.06. The lowest BCUT2D eigenvalue weighted by molar-refractivity contribution is -0.132. The zero-order valence-electron chi connectivity index (χ0n) is 5.87. The number of carboxylic acids is 1. The van der Waals surface area contributed by atoms with Crippen LogP contribution in [-0.4, -0.2) is 11.1 Å². The average Bonchev–Trinajstić information content (AvgIpc) is 1.88. The second-order valence-corrected chi connectivity index (χ2v) is 2.56. The van der Waals surface area contributed by atoms with Crippen molar-refractivity contribution < 1.29 is 9.90 Å². The third-order valence-corrected chi connectivity index (χ3v) is 1.55. The van der Waals surface area contributed by atoms with Crippen LogP contribution in [0.15, 0.2) is 23.8 Å². The van der Waals surface area contributed by atoms with Gasteiger partial charge in [-0.05, 0) is 12.3 Å². The Morgan fingerprint density at radius 2 is 2.50 bits per heavy atom. The first kappa shape index (κ1) is 7.06. The Kier molecular flexibility index (Phi) is 1.90. The highest BCUT2D eigenvalue weighted by Crippen LogP contribution is 2.17. The zero-order valence-corrected chi connectivity index (χ0v) is 5.87. The highest BCUT2D eigenvalue weighted by Gasteiger charge is 2.11. The number of hydrogen-bond acceptors (Lipinski definition) is 1. The summed E-state index contributed by atoms with van der Waals surface area (Å²) in [5.74, 6) is -0.424. The zero-order chi connectivity index (χ0) is 7.56. The van der Waals surface area contributed by atoms with Crippen molar-refractivity contribution in [2.75, 3.05) is 0 Å². The molecule has 0 aliphatic heterocycles. The van der Waals surface area contributed by atoms with Crippen LogP contribution in [0.4, 0.5) is 0 Å². The van der Waals surface area contributed by atoms with Gasteiger partial charge < -0.3 is 5.11 Å². The largest absolute Gasteiger partial charge is 0.478 e. The molecule has 1 aliphatic rings. The van der Waals surface area contributed by atoms with Crippen LogP contribution in [0.25, 0.3) is 0 Å². The maximum Gasteiger partial charge on any atom is 0.331 e. The fourth-order valence-corrected chi connectivity index (χ4v) is 1.00. The Morgan fingerprint density at radius 3 is 2.90 bits per heavy atom. The van der Waals surface area contributed by atoms with E-state index in [1.165, 1.54) is 0 Å². The molecule has 0 saturated heterocycles. The molecular weight excluding hydrogens is 128 g/mol. The molecule has 0 saturated carbocycles. The topological polar surface area (TPSA) is 37.3 Å². The van der Waals surface area contributed by atoms with E-state index in [1.807, 2.05) is 13.0 Å². The SMILES string of the molecule is CC1C=CC=C(C(=O)O)C1. The Bertz CT molecular complexity index is 201. The molecule has 0 aromatic rings. The predicted molar refractivity (Wildman–Crippen MR) is 38.6 cm³/mol. The molecule has 2 nitrogen and oxygen atoms in total. The summed E-state index contributed by atoms with van der Waals surface area (Å²) in [6, 6.07) is 0. The molecule has 10 heavy (non-hydrogen) atoms. The molecule has 0 aromatic heterocycles. The van der Waals surface area contributed by atoms with Gasteiger partial charge >= 0.3 is 5.97 Å². The normalized spacial score (nSPS) is 24.1.